The molecule has 1 unspecified atom stereocenters. The van der Waals surface area contributed by atoms with Gasteiger partial charge in [-0.15, -0.1) is 11.3 Å². The van der Waals surface area contributed by atoms with Crippen LogP contribution in [-0.2, 0) is 0 Å². The van der Waals surface area contributed by atoms with Crippen molar-refractivity contribution in [2.45, 2.75) is 31.7 Å². The second-order valence-corrected chi connectivity index (χ2v) is 10.3. The zero-order valence-electron chi connectivity index (χ0n) is 17.8. The van der Waals surface area contributed by atoms with Crippen LogP contribution in [0.25, 0.3) is 21.2 Å². The van der Waals surface area contributed by atoms with Crippen molar-refractivity contribution in [1.29, 1.82) is 0 Å². The fraction of sp³-hybridized carbons (Fsp3) is 0.423. The molecule has 0 saturated carbocycles. The minimum absolute atomic E-state index is 0.0929. The molecule has 2 aromatic carbocycles. The van der Waals surface area contributed by atoms with Crippen LogP contribution in [0.15, 0.2) is 48.5 Å². The lowest BCUT2D eigenvalue weighted by Crippen LogP contribution is -2.57. The van der Waals surface area contributed by atoms with Crippen molar-refractivity contribution in [3.63, 3.8) is 0 Å². The van der Waals surface area contributed by atoms with Crippen molar-refractivity contribution in [2.75, 3.05) is 37.6 Å². The van der Waals surface area contributed by atoms with Crippen LogP contribution in [0.1, 0.15) is 35.4 Å². The number of hydrogen-bond acceptors (Lipinski definition) is 4. The summed E-state index contributed by atoms with van der Waals surface area (Å²) in [7, 11) is 0. The molecule has 3 aromatic rings. The average molecular weight is 432 g/mol. The lowest BCUT2D eigenvalue weighted by Gasteiger charge is -2.44. The van der Waals surface area contributed by atoms with Crippen LogP contribution in [0.2, 0.25) is 0 Å². The van der Waals surface area contributed by atoms with Crippen LogP contribution in [0.4, 0.5) is 5.69 Å². The number of nitrogens with zero attached hydrogens (tertiary/aromatic N) is 2. The van der Waals surface area contributed by atoms with Gasteiger partial charge in [0.15, 0.2) is 0 Å². The largest absolute Gasteiger partial charge is 0.372 e. The monoisotopic (exact) mass is 431 g/mol. The molecule has 1 atom stereocenters. The quantitative estimate of drug-likeness (QED) is 0.632. The van der Waals surface area contributed by atoms with Crippen LogP contribution >= 0.6 is 11.3 Å². The molecule has 0 radical (unpaired) electrons. The summed E-state index contributed by atoms with van der Waals surface area (Å²) in [5.74, 6) is 0.739. The fourth-order valence-corrected chi connectivity index (χ4v) is 6.70. The summed E-state index contributed by atoms with van der Waals surface area (Å²) in [5, 5.41) is 4.51. The summed E-state index contributed by atoms with van der Waals surface area (Å²) < 4.78 is 1.20. The highest BCUT2D eigenvalue weighted by atomic mass is 32.1. The number of thiophene rings is 1. The van der Waals surface area contributed by atoms with Crippen LogP contribution in [0.3, 0.4) is 0 Å². The van der Waals surface area contributed by atoms with Gasteiger partial charge in [-0.05, 0) is 79.4 Å². The van der Waals surface area contributed by atoms with E-state index in [9.17, 15) is 4.79 Å². The van der Waals surface area contributed by atoms with E-state index >= 15 is 0 Å². The smallest absolute Gasteiger partial charge is 0.261 e. The van der Waals surface area contributed by atoms with Crippen molar-refractivity contribution in [2.24, 2.45) is 5.92 Å². The Morgan fingerprint density at radius 1 is 0.968 bits per heavy atom. The standard InChI is InChI=1S/C26H29N3OS/c30-26(27-23-17-28-14-10-19(23)11-15-28)24-16-20-4-3-5-22(25(20)31-24)18-6-8-21(9-7-18)29-12-1-2-13-29/h3-9,16,19,23H,1-2,10-15,17H2,(H,27,30). The van der Waals surface area contributed by atoms with Crippen LogP contribution < -0.4 is 10.2 Å². The van der Waals surface area contributed by atoms with Gasteiger partial charge in [-0.1, -0.05) is 30.3 Å². The van der Waals surface area contributed by atoms with Gasteiger partial charge in [0.1, 0.15) is 0 Å². The Labute approximate surface area is 187 Å². The first-order valence-electron chi connectivity index (χ1n) is 11.7. The Morgan fingerprint density at radius 2 is 1.74 bits per heavy atom. The van der Waals surface area contributed by atoms with E-state index in [0.717, 1.165) is 29.9 Å². The van der Waals surface area contributed by atoms with E-state index in [-0.39, 0.29) is 5.91 Å². The number of carbonyl (C=O) groups excluding carboxylic acids is 1. The molecule has 4 fully saturated rings. The van der Waals surface area contributed by atoms with E-state index in [2.05, 4.69) is 63.6 Å². The van der Waals surface area contributed by atoms with Crippen molar-refractivity contribution < 1.29 is 4.79 Å². The molecule has 4 aliphatic rings. The molecule has 4 aliphatic heterocycles. The SMILES string of the molecule is O=C(NC1CN2CCC1CC2)c1cc2cccc(-c3ccc(N4CCCC4)cc3)c2s1. The van der Waals surface area contributed by atoms with Gasteiger partial charge in [-0.2, -0.15) is 0 Å². The summed E-state index contributed by atoms with van der Waals surface area (Å²) in [5.41, 5.74) is 3.76. The zero-order valence-corrected chi connectivity index (χ0v) is 18.7. The predicted molar refractivity (Wildman–Crippen MR) is 129 cm³/mol. The third-order valence-corrected chi connectivity index (χ3v) is 8.57. The lowest BCUT2D eigenvalue weighted by atomic mass is 9.84. The minimum Gasteiger partial charge on any atom is -0.372 e. The van der Waals surface area contributed by atoms with E-state index in [0.29, 0.717) is 12.0 Å². The van der Waals surface area contributed by atoms with E-state index in [1.54, 1.807) is 11.3 Å². The molecular weight excluding hydrogens is 402 g/mol. The van der Waals surface area contributed by atoms with Gasteiger partial charge in [0, 0.05) is 36.1 Å². The highest BCUT2D eigenvalue weighted by Gasteiger charge is 2.35. The minimum atomic E-state index is 0.0929. The second kappa shape index (κ2) is 7.95. The molecule has 1 amide bonds. The molecule has 1 N–H and O–H groups in total. The van der Waals surface area contributed by atoms with Crippen LogP contribution in [0.5, 0.6) is 0 Å². The third-order valence-electron chi connectivity index (χ3n) is 7.39. The normalized spacial score (nSPS) is 25.3. The number of piperidine rings is 3. The Kier molecular flexibility index (Phi) is 4.96. The Bertz CT molecular complexity index is 1090. The molecule has 4 nitrogen and oxygen atoms in total. The number of anilines is 1. The van der Waals surface area contributed by atoms with Gasteiger partial charge in [-0.3, -0.25) is 4.79 Å². The van der Waals surface area contributed by atoms with Gasteiger partial charge in [0.2, 0.25) is 0 Å². The number of carbonyl (C=O) groups is 1. The number of rotatable bonds is 4. The van der Waals surface area contributed by atoms with Gasteiger partial charge < -0.3 is 15.1 Å². The molecule has 5 heterocycles. The van der Waals surface area contributed by atoms with E-state index in [4.69, 9.17) is 0 Å². The fourth-order valence-electron chi connectivity index (χ4n) is 5.60. The second-order valence-electron chi connectivity index (χ2n) is 9.29. The molecule has 4 saturated heterocycles. The topological polar surface area (TPSA) is 35.6 Å². The van der Waals surface area contributed by atoms with Gasteiger partial charge in [-0.25, -0.2) is 0 Å². The first-order valence-corrected chi connectivity index (χ1v) is 12.5. The lowest BCUT2D eigenvalue weighted by molar-refractivity contribution is 0.0622. The van der Waals surface area contributed by atoms with E-state index in [1.165, 1.54) is 60.3 Å². The maximum absolute atomic E-state index is 13.1. The number of benzene rings is 2. The molecule has 2 bridgehead atoms. The average Bonchev–Trinajstić information content (AvgIpc) is 3.50. The van der Waals surface area contributed by atoms with E-state index < -0.39 is 0 Å². The zero-order chi connectivity index (χ0) is 20.8. The van der Waals surface area contributed by atoms with Gasteiger partial charge in [0.05, 0.1) is 4.88 Å². The van der Waals surface area contributed by atoms with Crippen molar-refractivity contribution >= 4 is 33.0 Å². The molecule has 0 spiro atoms. The molecule has 31 heavy (non-hydrogen) atoms. The summed E-state index contributed by atoms with van der Waals surface area (Å²) in [6.45, 7) is 5.73. The predicted octanol–water partition coefficient (Wildman–Crippen LogP) is 4.99. The molecule has 7 rings (SSSR count). The molecule has 0 aliphatic carbocycles. The Morgan fingerprint density at radius 3 is 2.45 bits per heavy atom. The summed E-state index contributed by atoms with van der Waals surface area (Å²) in [4.78, 5) is 18.9. The number of nitrogens with one attached hydrogen (secondary N) is 1. The van der Waals surface area contributed by atoms with Crippen molar-refractivity contribution in [1.82, 2.24) is 10.2 Å². The Hall–Kier alpha value is -2.37. The van der Waals surface area contributed by atoms with E-state index in [1.807, 2.05) is 0 Å². The number of hydrogen-bond donors (Lipinski definition) is 1. The van der Waals surface area contributed by atoms with Gasteiger partial charge >= 0.3 is 0 Å². The van der Waals surface area contributed by atoms with Crippen LogP contribution in [-0.4, -0.2) is 49.6 Å². The summed E-state index contributed by atoms with van der Waals surface area (Å²) in [6.07, 6.45) is 5.02. The highest BCUT2D eigenvalue weighted by molar-refractivity contribution is 7.21. The van der Waals surface area contributed by atoms with Crippen molar-refractivity contribution in [3.05, 3.63) is 53.4 Å². The Balaban J connectivity index is 1.25. The number of fused-ring (bicyclic) bond motifs is 4. The molecule has 5 heteroatoms. The first kappa shape index (κ1) is 19.3. The maximum atomic E-state index is 13.1. The molecule has 1 aromatic heterocycles. The first-order chi connectivity index (χ1) is 15.2. The maximum Gasteiger partial charge on any atom is 0.261 e. The third kappa shape index (κ3) is 3.64. The highest BCUT2D eigenvalue weighted by Crippen LogP contribution is 2.36. The van der Waals surface area contributed by atoms with Crippen LogP contribution in [0, 0.1) is 5.92 Å². The van der Waals surface area contributed by atoms with Gasteiger partial charge in [0.25, 0.3) is 5.91 Å². The molecular formula is C26H29N3OS. The number of amides is 1. The van der Waals surface area contributed by atoms with Crippen molar-refractivity contribution in [3.8, 4) is 11.1 Å². The summed E-state index contributed by atoms with van der Waals surface area (Å²) >= 11 is 1.63. The summed E-state index contributed by atoms with van der Waals surface area (Å²) in [6, 6.07) is 17.7. The molecule has 160 valence electrons.